The molecular formula is C12H17N5O2. The molecule has 1 unspecified atom stereocenters. The summed E-state index contributed by atoms with van der Waals surface area (Å²) in [5.74, 6) is 0.580. The summed E-state index contributed by atoms with van der Waals surface area (Å²) in [6.45, 7) is 4.16. The Morgan fingerprint density at radius 2 is 2.42 bits per heavy atom. The van der Waals surface area contributed by atoms with E-state index < -0.39 is 0 Å². The van der Waals surface area contributed by atoms with E-state index in [-0.39, 0.29) is 0 Å². The van der Waals surface area contributed by atoms with Crippen LogP contribution in [0.5, 0.6) is 0 Å². The lowest BCUT2D eigenvalue weighted by molar-refractivity contribution is 0.174. The van der Waals surface area contributed by atoms with Crippen LogP contribution in [0.1, 0.15) is 23.9 Å². The van der Waals surface area contributed by atoms with E-state index in [4.69, 9.17) is 9.26 Å². The molecule has 3 heterocycles. The lowest BCUT2D eigenvalue weighted by Crippen LogP contribution is -2.21. The first-order chi connectivity index (χ1) is 9.26. The number of ether oxygens (including phenoxy) is 1. The van der Waals surface area contributed by atoms with Crippen LogP contribution in [0.2, 0.25) is 0 Å². The van der Waals surface area contributed by atoms with E-state index in [1.165, 1.54) is 5.56 Å². The summed E-state index contributed by atoms with van der Waals surface area (Å²) in [5, 5.41) is 8.24. The fourth-order valence-electron chi connectivity index (χ4n) is 2.33. The molecular weight excluding hydrogens is 246 g/mol. The topological polar surface area (TPSA) is 69.2 Å². The van der Waals surface area contributed by atoms with Crippen molar-refractivity contribution in [2.24, 2.45) is 0 Å². The zero-order valence-corrected chi connectivity index (χ0v) is 11.1. The highest BCUT2D eigenvalue weighted by Crippen LogP contribution is 2.25. The van der Waals surface area contributed by atoms with Gasteiger partial charge in [0.2, 0.25) is 0 Å². The third-order valence-corrected chi connectivity index (χ3v) is 3.27. The molecule has 1 aliphatic rings. The van der Waals surface area contributed by atoms with Gasteiger partial charge < -0.3 is 14.2 Å². The molecule has 1 fully saturated rings. The second-order valence-electron chi connectivity index (χ2n) is 4.81. The van der Waals surface area contributed by atoms with Crippen LogP contribution < -0.4 is 4.90 Å². The molecule has 1 saturated heterocycles. The maximum Gasteiger partial charge on any atom is 0.324 e. The largest absolute Gasteiger partial charge is 0.377 e. The van der Waals surface area contributed by atoms with Crippen molar-refractivity contribution < 1.29 is 9.26 Å². The van der Waals surface area contributed by atoms with E-state index in [0.717, 1.165) is 19.5 Å². The molecule has 102 valence electrons. The van der Waals surface area contributed by atoms with Crippen LogP contribution in [0, 0.1) is 6.92 Å². The molecule has 3 rings (SSSR count). The maximum atomic E-state index is 5.25. The van der Waals surface area contributed by atoms with Gasteiger partial charge in [0.1, 0.15) is 6.61 Å². The number of aromatic nitrogens is 4. The first-order valence-corrected chi connectivity index (χ1v) is 6.33. The van der Waals surface area contributed by atoms with Gasteiger partial charge in [0.15, 0.2) is 5.82 Å². The van der Waals surface area contributed by atoms with Crippen molar-refractivity contribution in [3.05, 3.63) is 23.8 Å². The zero-order chi connectivity index (χ0) is 13.2. The lowest BCUT2D eigenvalue weighted by Gasteiger charge is -2.13. The van der Waals surface area contributed by atoms with Gasteiger partial charge >= 0.3 is 6.01 Å². The van der Waals surface area contributed by atoms with Gasteiger partial charge in [0.05, 0.1) is 12.2 Å². The summed E-state index contributed by atoms with van der Waals surface area (Å²) in [5.41, 5.74) is 1.18. The number of hydrogen-bond donors (Lipinski definition) is 0. The molecule has 0 aliphatic carbocycles. The van der Waals surface area contributed by atoms with Crippen molar-refractivity contribution >= 4 is 6.01 Å². The van der Waals surface area contributed by atoms with Gasteiger partial charge in [0.25, 0.3) is 0 Å². The molecule has 2 aromatic rings. The molecule has 0 radical (unpaired) electrons. The molecule has 2 aromatic heterocycles. The Bertz CT molecular complexity index is 550. The third kappa shape index (κ3) is 2.46. The van der Waals surface area contributed by atoms with Gasteiger partial charge in [-0.25, -0.2) is 0 Å². The van der Waals surface area contributed by atoms with Crippen LogP contribution >= 0.6 is 0 Å². The molecule has 1 aliphatic heterocycles. The average Bonchev–Trinajstić information content (AvgIpc) is 3.07. The SMILES string of the molecule is COCc1noc(N2CCC(n3cc(C)cn3)C2)n1. The predicted molar refractivity (Wildman–Crippen MR) is 67.8 cm³/mol. The van der Waals surface area contributed by atoms with Gasteiger partial charge in [-0.05, 0) is 18.9 Å². The fourth-order valence-corrected chi connectivity index (χ4v) is 2.33. The van der Waals surface area contributed by atoms with Gasteiger partial charge in [-0.3, -0.25) is 4.68 Å². The Morgan fingerprint density at radius 1 is 1.53 bits per heavy atom. The molecule has 1 atom stereocenters. The summed E-state index contributed by atoms with van der Waals surface area (Å²) in [7, 11) is 1.61. The zero-order valence-electron chi connectivity index (χ0n) is 11.1. The highest BCUT2D eigenvalue weighted by atomic mass is 16.5. The minimum atomic E-state index is 0.367. The van der Waals surface area contributed by atoms with Crippen molar-refractivity contribution in [2.45, 2.75) is 26.0 Å². The second-order valence-corrected chi connectivity index (χ2v) is 4.81. The molecule has 0 amide bonds. The van der Waals surface area contributed by atoms with Gasteiger partial charge in [-0.15, -0.1) is 0 Å². The molecule has 0 aromatic carbocycles. The minimum Gasteiger partial charge on any atom is -0.377 e. The number of nitrogens with zero attached hydrogens (tertiary/aromatic N) is 5. The maximum absolute atomic E-state index is 5.25. The van der Waals surface area contributed by atoms with E-state index in [2.05, 4.69) is 26.3 Å². The fraction of sp³-hybridized carbons (Fsp3) is 0.583. The van der Waals surface area contributed by atoms with Gasteiger partial charge in [-0.2, -0.15) is 10.1 Å². The molecule has 0 N–H and O–H groups in total. The second kappa shape index (κ2) is 5.00. The summed E-state index contributed by atoms with van der Waals surface area (Å²) in [4.78, 5) is 6.40. The minimum absolute atomic E-state index is 0.367. The van der Waals surface area contributed by atoms with E-state index in [9.17, 15) is 0 Å². The highest BCUT2D eigenvalue weighted by molar-refractivity contribution is 5.27. The molecule has 19 heavy (non-hydrogen) atoms. The Balaban J connectivity index is 1.67. The summed E-state index contributed by atoms with van der Waals surface area (Å²) >= 11 is 0. The number of methoxy groups -OCH3 is 1. The van der Waals surface area contributed by atoms with Crippen molar-refractivity contribution in [3.63, 3.8) is 0 Å². The Kier molecular flexibility index (Phi) is 3.20. The molecule has 0 spiro atoms. The number of anilines is 1. The van der Waals surface area contributed by atoms with Crippen molar-refractivity contribution in [1.82, 2.24) is 19.9 Å². The standard InChI is InChI=1S/C12H17N5O2/c1-9-5-13-17(6-9)10-3-4-16(7-10)12-14-11(8-18-2)15-19-12/h5-6,10H,3-4,7-8H2,1-2H3. The van der Waals surface area contributed by atoms with E-state index in [1.54, 1.807) is 7.11 Å². The molecule has 0 bridgehead atoms. The first kappa shape index (κ1) is 12.2. The summed E-state index contributed by atoms with van der Waals surface area (Å²) in [6.07, 6.45) is 4.98. The number of aryl methyl sites for hydroxylation is 1. The van der Waals surface area contributed by atoms with Crippen molar-refractivity contribution in [3.8, 4) is 0 Å². The Labute approximate surface area is 111 Å². The number of rotatable bonds is 4. The quantitative estimate of drug-likeness (QED) is 0.824. The van der Waals surface area contributed by atoms with Crippen molar-refractivity contribution in [1.29, 1.82) is 0 Å². The molecule has 7 nitrogen and oxygen atoms in total. The smallest absolute Gasteiger partial charge is 0.324 e. The number of hydrogen-bond acceptors (Lipinski definition) is 6. The van der Waals surface area contributed by atoms with Crippen LogP contribution in [0.15, 0.2) is 16.9 Å². The Hall–Kier alpha value is -1.89. The first-order valence-electron chi connectivity index (χ1n) is 6.33. The predicted octanol–water partition coefficient (Wildman–Crippen LogP) is 1.17. The van der Waals surface area contributed by atoms with Crippen molar-refractivity contribution in [2.75, 3.05) is 25.1 Å². The molecule has 7 heteroatoms. The average molecular weight is 263 g/mol. The summed E-state index contributed by atoms with van der Waals surface area (Å²) < 4.78 is 12.2. The van der Waals surface area contributed by atoms with Crippen LogP contribution in [0.25, 0.3) is 0 Å². The van der Waals surface area contributed by atoms with Crippen LogP contribution in [0.3, 0.4) is 0 Å². The van der Waals surface area contributed by atoms with E-state index >= 15 is 0 Å². The Morgan fingerprint density at radius 3 is 3.16 bits per heavy atom. The summed E-state index contributed by atoms with van der Waals surface area (Å²) in [6, 6.07) is 0.935. The lowest BCUT2D eigenvalue weighted by atomic mass is 10.3. The van der Waals surface area contributed by atoms with Crippen LogP contribution in [0.4, 0.5) is 6.01 Å². The van der Waals surface area contributed by atoms with Gasteiger partial charge in [-0.1, -0.05) is 5.16 Å². The molecule has 0 saturated carbocycles. The van der Waals surface area contributed by atoms with E-state index in [1.807, 2.05) is 17.8 Å². The normalized spacial score (nSPS) is 19.3. The van der Waals surface area contributed by atoms with Crippen LogP contribution in [-0.4, -0.2) is 40.1 Å². The van der Waals surface area contributed by atoms with E-state index in [0.29, 0.717) is 24.5 Å². The monoisotopic (exact) mass is 263 g/mol. The third-order valence-electron chi connectivity index (χ3n) is 3.27. The van der Waals surface area contributed by atoms with Gasteiger partial charge in [0, 0.05) is 26.4 Å². The highest BCUT2D eigenvalue weighted by Gasteiger charge is 2.27. The van der Waals surface area contributed by atoms with Crippen LogP contribution in [-0.2, 0) is 11.3 Å².